The molecule has 4 rings (SSSR count). The van der Waals surface area contributed by atoms with E-state index in [1.165, 1.54) is 36.1 Å². The van der Waals surface area contributed by atoms with E-state index in [4.69, 9.17) is 9.15 Å². The lowest BCUT2D eigenvalue weighted by Gasteiger charge is -2.29. The molecule has 0 radical (unpaired) electrons. The summed E-state index contributed by atoms with van der Waals surface area (Å²) in [5.74, 6) is -1.26. The van der Waals surface area contributed by atoms with Gasteiger partial charge in [0.15, 0.2) is 6.10 Å². The van der Waals surface area contributed by atoms with Crippen LogP contribution in [-0.4, -0.2) is 29.4 Å². The van der Waals surface area contributed by atoms with Crippen molar-refractivity contribution in [2.45, 2.75) is 32.2 Å². The Morgan fingerprint density at radius 3 is 2.77 bits per heavy atom. The fraction of sp³-hybridized carbons (Fsp3) is 0.273. The van der Waals surface area contributed by atoms with Crippen molar-refractivity contribution >= 4 is 23.2 Å². The molecule has 1 amide bonds. The molecule has 0 fully saturated rings. The summed E-state index contributed by atoms with van der Waals surface area (Å²) in [4.78, 5) is 28.0. The van der Waals surface area contributed by atoms with Crippen molar-refractivity contribution in [3.05, 3.63) is 69.6 Å². The standard InChI is InChI=1S/C22H18F3NO4S/c1-13(20(27)26-9-7-19-15(12-26)8-10-31-19)29-21(28)18-6-5-17(30-18)14-3-2-4-16(11-14)22(23,24)25/h2-6,8,10-11,13H,7,9,12H2,1H3. The van der Waals surface area contributed by atoms with E-state index in [0.29, 0.717) is 13.1 Å². The van der Waals surface area contributed by atoms with Gasteiger partial charge >= 0.3 is 12.1 Å². The van der Waals surface area contributed by atoms with Gasteiger partial charge in [0.1, 0.15) is 5.76 Å². The molecular formula is C22H18F3NO4S. The molecule has 0 saturated heterocycles. The maximum atomic E-state index is 12.9. The minimum absolute atomic E-state index is 0.0954. The second-order valence-electron chi connectivity index (χ2n) is 7.17. The third-order valence-electron chi connectivity index (χ3n) is 5.03. The molecular weight excluding hydrogens is 431 g/mol. The zero-order valence-electron chi connectivity index (χ0n) is 16.4. The molecule has 0 N–H and O–H groups in total. The summed E-state index contributed by atoms with van der Waals surface area (Å²) >= 11 is 1.66. The van der Waals surface area contributed by atoms with Gasteiger partial charge in [0.25, 0.3) is 5.91 Å². The molecule has 3 aromatic rings. The minimum Gasteiger partial charge on any atom is -0.449 e. The van der Waals surface area contributed by atoms with Crippen LogP contribution in [0.15, 0.2) is 52.3 Å². The van der Waals surface area contributed by atoms with E-state index in [1.54, 1.807) is 16.2 Å². The fourth-order valence-electron chi connectivity index (χ4n) is 3.41. The Kier molecular flexibility index (Phi) is 5.62. The van der Waals surface area contributed by atoms with Crippen LogP contribution in [0.4, 0.5) is 13.2 Å². The van der Waals surface area contributed by atoms with Gasteiger partial charge in [0.05, 0.1) is 5.56 Å². The Bertz CT molecular complexity index is 1120. The van der Waals surface area contributed by atoms with E-state index in [0.717, 1.165) is 24.1 Å². The van der Waals surface area contributed by atoms with E-state index in [1.807, 2.05) is 11.4 Å². The largest absolute Gasteiger partial charge is 0.449 e. The Morgan fingerprint density at radius 1 is 1.19 bits per heavy atom. The van der Waals surface area contributed by atoms with Crippen molar-refractivity contribution in [2.75, 3.05) is 6.54 Å². The van der Waals surface area contributed by atoms with Gasteiger partial charge in [-0.1, -0.05) is 12.1 Å². The number of ether oxygens (including phenoxy) is 1. The first-order chi connectivity index (χ1) is 14.7. The van der Waals surface area contributed by atoms with Crippen molar-refractivity contribution in [1.82, 2.24) is 4.90 Å². The van der Waals surface area contributed by atoms with Gasteiger partial charge in [-0.05, 0) is 54.6 Å². The number of alkyl halides is 3. The number of thiophene rings is 1. The summed E-state index contributed by atoms with van der Waals surface area (Å²) in [6, 6.07) is 9.29. The quantitative estimate of drug-likeness (QED) is 0.517. The number of furan rings is 1. The van der Waals surface area contributed by atoms with Crippen LogP contribution in [0.3, 0.4) is 0 Å². The number of hydrogen-bond donors (Lipinski definition) is 0. The van der Waals surface area contributed by atoms with Crippen LogP contribution in [-0.2, 0) is 28.7 Å². The number of esters is 1. The number of hydrogen-bond acceptors (Lipinski definition) is 5. The first kappa shape index (κ1) is 21.2. The van der Waals surface area contributed by atoms with Gasteiger partial charge in [-0.3, -0.25) is 4.79 Å². The molecule has 2 aromatic heterocycles. The maximum absolute atomic E-state index is 12.9. The Hall–Kier alpha value is -3.07. The summed E-state index contributed by atoms with van der Waals surface area (Å²) in [7, 11) is 0. The van der Waals surface area contributed by atoms with Crippen LogP contribution in [0, 0.1) is 0 Å². The molecule has 0 spiro atoms. The number of nitrogens with zero attached hydrogens (tertiary/aromatic N) is 1. The zero-order chi connectivity index (χ0) is 22.2. The molecule has 1 aliphatic rings. The maximum Gasteiger partial charge on any atom is 0.416 e. The van der Waals surface area contributed by atoms with Crippen LogP contribution in [0.2, 0.25) is 0 Å². The normalized spacial score (nSPS) is 14.8. The molecule has 5 nitrogen and oxygen atoms in total. The highest BCUT2D eigenvalue weighted by Crippen LogP contribution is 2.33. The highest BCUT2D eigenvalue weighted by atomic mass is 32.1. The molecule has 1 aromatic carbocycles. The minimum atomic E-state index is -4.49. The number of amides is 1. The molecule has 0 aliphatic carbocycles. The molecule has 31 heavy (non-hydrogen) atoms. The number of halogens is 3. The fourth-order valence-corrected chi connectivity index (χ4v) is 4.30. The van der Waals surface area contributed by atoms with Gasteiger partial charge in [-0.15, -0.1) is 11.3 Å². The number of carbonyl (C=O) groups is 2. The third-order valence-corrected chi connectivity index (χ3v) is 6.06. The molecule has 3 heterocycles. The highest BCUT2D eigenvalue weighted by molar-refractivity contribution is 7.10. The number of rotatable bonds is 4. The second kappa shape index (κ2) is 8.22. The summed E-state index contributed by atoms with van der Waals surface area (Å²) in [5, 5.41) is 1.99. The van der Waals surface area contributed by atoms with E-state index >= 15 is 0 Å². The SMILES string of the molecule is CC(OC(=O)c1ccc(-c2cccc(C(F)(F)F)c2)o1)C(=O)N1CCc2sccc2C1. The first-order valence-electron chi connectivity index (χ1n) is 9.55. The van der Waals surface area contributed by atoms with Crippen molar-refractivity contribution in [3.8, 4) is 11.3 Å². The van der Waals surface area contributed by atoms with Crippen LogP contribution >= 0.6 is 11.3 Å². The summed E-state index contributed by atoms with van der Waals surface area (Å²) in [5.41, 5.74) is 0.456. The number of fused-ring (bicyclic) bond motifs is 1. The summed E-state index contributed by atoms with van der Waals surface area (Å²) in [6.07, 6.45) is -4.74. The van der Waals surface area contributed by atoms with Crippen molar-refractivity contribution in [1.29, 1.82) is 0 Å². The monoisotopic (exact) mass is 449 g/mol. The predicted octanol–water partition coefficient (Wildman–Crippen LogP) is 5.16. The van der Waals surface area contributed by atoms with Crippen LogP contribution < -0.4 is 0 Å². The Morgan fingerprint density at radius 2 is 2.00 bits per heavy atom. The molecule has 9 heteroatoms. The topological polar surface area (TPSA) is 59.8 Å². The lowest BCUT2D eigenvalue weighted by atomic mass is 10.1. The van der Waals surface area contributed by atoms with Crippen LogP contribution in [0.1, 0.15) is 33.5 Å². The number of benzene rings is 1. The summed E-state index contributed by atoms with van der Waals surface area (Å²) < 4.78 is 49.4. The molecule has 1 unspecified atom stereocenters. The molecule has 162 valence electrons. The van der Waals surface area contributed by atoms with E-state index in [9.17, 15) is 22.8 Å². The predicted molar refractivity (Wildman–Crippen MR) is 107 cm³/mol. The van der Waals surface area contributed by atoms with E-state index in [-0.39, 0.29) is 23.0 Å². The van der Waals surface area contributed by atoms with Crippen molar-refractivity contribution < 1.29 is 31.9 Å². The van der Waals surface area contributed by atoms with E-state index < -0.39 is 23.8 Å². The smallest absolute Gasteiger partial charge is 0.416 e. The summed E-state index contributed by atoms with van der Waals surface area (Å²) in [6.45, 7) is 2.51. The lowest BCUT2D eigenvalue weighted by molar-refractivity contribution is -0.140. The molecule has 1 aliphatic heterocycles. The molecule has 1 atom stereocenters. The van der Waals surface area contributed by atoms with Gasteiger partial charge in [0, 0.05) is 23.5 Å². The van der Waals surface area contributed by atoms with E-state index in [2.05, 4.69) is 0 Å². The lowest BCUT2D eigenvalue weighted by Crippen LogP contribution is -2.42. The van der Waals surface area contributed by atoms with Crippen molar-refractivity contribution in [3.63, 3.8) is 0 Å². The molecule has 0 bridgehead atoms. The second-order valence-corrected chi connectivity index (χ2v) is 8.17. The highest BCUT2D eigenvalue weighted by Gasteiger charge is 2.31. The van der Waals surface area contributed by atoms with Gasteiger partial charge in [0.2, 0.25) is 5.76 Å². The average molecular weight is 449 g/mol. The third kappa shape index (κ3) is 4.51. The number of carbonyl (C=O) groups excluding carboxylic acids is 2. The van der Waals surface area contributed by atoms with Gasteiger partial charge in [-0.25, -0.2) is 4.79 Å². The average Bonchev–Trinajstić information content (AvgIpc) is 3.41. The Labute approximate surface area is 180 Å². The molecule has 0 saturated carbocycles. The van der Waals surface area contributed by atoms with Gasteiger partial charge < -0.3 is 14.1 Å². The Balaban J connectivity index is 1.42. The van der Waals surface area contributed by atoms with Crippen LogP contribution in [0.25, 0.3) is 11.3 Å². The van der Waals surface area contributed by atoms with Crippen molar-refractivity contribution in [2.24, 2.45) is 0 Å². The van der Waals surface area contributed by atoms with Crippen LogP contribution in [0.5, 0.6) is 0 Å². The first-order valence-corrected chi connectivity index (χ1v) is 10.4. The zero-order valence-corrected chi connectivity index (χ0v) is 17.3. The van der Waals surface area contributed by atoms with Gasteiger partial charge in [-0.2, -0.15) is 13.2 Å².